The van der Waals surface area contributed by atoms with E-state index in [2.05, 4.69) is 23.9 Å². The maximum atomic E-state index is 11.8. The van der Waals surface area contributed by atoms with Crippen LogP contribution >= 0.6 is 0 Å². The van der Waals surface area contributed by atoms with Gasteiger partial charge in [-0.05, 0) is 44.0 Å². The van der Waals surface area contributed by atoms with Crippen LogP contribution in [-0.4, -0.2) is 22.0 Å². The molecule has 1 aromatic rings. The molecule has 102 valence electrons. The molecule has 0 heterocycles. The second kappa shape index (κ2) is 6.20. The van der Waals surface area contributed by atoms with Crippen LogP contribution in [0, 0.1) is 12.8 Å². The van der Waals surface area contributed by atoms with Crippen LogP contribution < -0.4 is 10.0 Å². The van der Waals surface area contributed by atoms with Crippen LogP contribution in [0.5, 0.6) is 0 Å². The van der Waals surface area contributed by atoms with E-state index in [4.69, 9.17) is 0 Å². The van der Waals surface area contributed by atoms with Gasteiger partial charge in [0.15, 0.2) is 0 Å². The van der Waals surface area contributed by atoms with Gasteiger partial charge in [0.05, 0.1) is 4.90 Å². The van der Waals surface area contributed by atoms with Gasteiger partial charge in [-0.2, -0.15) is 0 Å². The smallest absolute Gasteiger partial charge is 0.240 e. The number of benzene rings is 1. The molecular formula is C13H22N2O2S. The third-order valence-corrected chi connectivity index (χ3v) is 4.35. The molecular weight excluding hydrogens is 248 g/mol. The van der Waals surface area contributed by atoms with Crippen LogP contribution in [0.15, 0.2) is 23.1 Å². The number of rotatable bonds is 6. The third kappa shape index (κ3) is 3.99. The molecule has 0 aromatic heterocycles. The van der Waals surface area contributed by atoms with Gasteiger partial charge in [-0.3, -0.25) is 0 Å². The molecule has 0 unspecified atom stereocenters. The monoisotopic (exact) mass is 270 g/mol. The van der Waals surface area contributed by atoms with Gasteiger partial charge in [0.25, 0.3) is 0 Å². The Morgan fingerprint density at radius 2 is 1.94 bits per heavy atom. The maximum absolute atomic E-state index is 11.8. The van der Waals surface area contributed by atoms with E-state index in [1.165, 1.54) is 7.05 Å². The molecule has 18 heavy (non-hydrogen) atoms. The largest absolute Gasteiger partial charge is 0.385 e. The van der Waals surface area contributed by atoms with Crippen molar-refractivity contribution in [3.63, 3.8) is 0 Å². The summed E-state index contributed by atoms with van der Waals surface area (Å²) in [5.41, 5.74) is 1.59. The molecule has 0 aliphatic rings. The van der Waals surface area contributed by atoms with E-state index in [-0.39, 0.29) is 0 Å². The molecule has 0 radical (unpaired) electrons. The Morgan fingerprint density at radius 3 is 2.50 bits per heavy atom. The Bertz CT molecular complexity index is 496. The molecule has 0 spiro atoms. The Labute approximate surface area is 110 Å². The van der Waals surface area contributed by atoms with E-state index in [0.29, 0.717) is 10.8 Å². The van der Waals surface area contributed by atoms with Gasteiger partial charge in [0.2, 0.25) is 10.0 Å². The van der Waals surface area contributed by atoms with Crippen LogP contribution in [0.1, 0.15) is 25.8 Å². The van der Waals surface area contributed by atoms with E-state index in [1.54, 1.807) is 13.0 Å². The summed E-state index contributed by atoms with van der Waals surface area (Å²) in [6.07, 6.45) is 1.06. The number of hydrogen-bond donors (Lipinski definition) is 2. The Balaban J connectivity index is 2.88. The van der Waals surface area contributed by atoms with E-state index < -0.39 is 10.0 Å². The Hall–Kier alpha value is -1.07. The summed E-state index contributed by atoms with van der Waals surface area (Å²) < 4.78 is 26.0. The van der Waals surface area contributed by atoms with Gasteiger partial charge in [0.1, 0.15) is 0 Å². The fraction of sp³-hybridized carbons (Fsp3) is 0.538. The molecule has 0 saturated heterocycles. The van der Waals surface area contributed by atoms with Crippen molar-refractivity contribution in [2.45, 2.75) is 32.1 Å². The first kappa shape index (κ1) is 15.0. The topological polar surface area (TPSA) is 58.2 Å². The van der Waals surface area contributed by atoms with Gasteiger partial charge in [-0.1, -0.05) is 19.9 Å². The van der Waals surface area contributed by atoms with Gasteiger partial charge < -0.3 is 5.32 Å². The third-order valence-electron chi connectivity index (χ3n) is 2.80. The van der Waals surface area contributed by atoms with E-state index >= 15 is 0 Å². The summed E-state index contributed by atoms with van der Waals surface area (Å²) in [6, 6.07) is 5.41. The molecule has 1 rings (SSSR count). The molecule has 0 fully saturated rings. The van der Waals surface area contributed by atoms with E-state index in [0.717, 1.165) is 24.2 Å². The van der Waals surface area contributed by atoms with Crippen molar-refractivity contribution in [2.75, 3.05) is 18.9 Å². The minimum Gasteiger partial charge on any atom is -0.385 e. The molecule has 0 amide bonds. The minimum atomic E-state index is -3.38. The van der Waals surface area contributed by atoms with Crippen molar-refractivity contribution < 1.29 is 8.42 Å². The summed E-state index contributed by atoms with van der Waals surface area (Å²) >= 11 is 0. The lowest BCUT2D eigenvalue weighted by atomic mass is 10.1. The summed E-state index contributed by atoms with van der Waals surface area (Å²) in [7, 11) is -1.96. The maximum Gasteiger partial charge on any atom is 0.240 e. The SMILES string of the molecule is CNS(=O)(=O)c1cc(NCCC(C)C)ccc1C. The van der Waals surface area contributed by atoms with Crippen molar-refractivity contribution >= 4 is 15.7 Å². The van der Waals surface area contributed by atoms with Gasteiger partial charge in [0, 0.05) is 12.2 Å². The van der Waals surface area contributed by atoms with Crippen molar-refractivity contribution in [3.8, 4) is 0 Å². The molecule has 0 atom stereocenters. The standard InChI is InChI=1S/C13H22N2O2S/c1-10(2)7-8-15-12-6-5-11(3)13(9-12)18(16,17)14-4/h5-6,9-10,14-15H,7-8H2,1-4H3. The van der Waals surface area contributed by atoms with Crippen LogP contribution in [0.4, 0.5) is 5.69 Å². The highest BCUT2D eigenvalue weighted by molar-refractivity contribution is 7.89. The number of sulfonamides is 1. The molecule has 0 bridgehead atoms. The lowest BCUT2D eigenvalue weighted by Gasteiger charge is -2.12. The quantitative estimate of drug-likeness (QED) is 0.834. The normalized spacial score (nSPS) is 11.8. The molecule has 0 aliphatic carbocycles. The highest BCUT2D eigenvalue weighted by Crippen LogP contribution is 2.20. The lowest BCUT2D eigenvalue weighted by molar-refractivity contribution is 0.587. The molecule has 2 N–H and O–H groups in total. The van der Waals surface area contributed by atoms with E-state index in [1.807, 2.05) is 12.1 Å². The van der Waals surface area contributed by atoms with Crippen LogP contribution in [0.3, 0.4) is 0 Å². The van der Waals surface area contributed by atoms with Crippen molar-refractivity contribution in [1.82, 2.24) is 4.72 Å². The first-order valence-electron chi connectivity index (χ1n) is 6.15. The minimum absolute atomic E-state index is 0.333. The number of hydrogen-bond acceptors (Lipinski definition) is 3. The van der Waals surface area contributed by atoms with Gasteiger partial charge in [-0.15, -0.1) is 0 Å². The zero-order valence-electron chi connectivity index (χ0n) is 11.4. The Morgan fingerprint density at radius 1 is 1.28 bits per heavy atom. The zero-order valence-corrected chi connectivity index (χ0v) is 12.3. The number of anilines is 1. The molecule has 0 saturated carbocycles. The molecule has 5 heteroatoms. The fourth-order valence-electron chi connectivity index (χ4n) is 1.61. The van der Waals surface area contributed by atoms with Gasteiger partial charge >= 0.3 is 0 Å². The van der Waals surface area contributed by atoms with Crippen molar-refractivity contribution in [3.05, 3.63) is 23.8 Å². The number of aryl methyl sites for hydroxylation is 1. The predicted molar refractivity (Wildman–Crippen MR) is 75.4 cm³/mol. The van der Waals surface area contributed by atoms with Crippen molar-refractivity contribution in [1.29, 1.82) is 0 Å². The predicted octanol–water partition coefficient (Wildman–Crippen LogP) is 2.36. The first-order chi connectivity index (χ1) is 8.36. The van der Waals surface area contributed by atoms with Gasteiger partial charge in [-0.25, -0.2) is 13.1 Å². The summed E-state index contributed by atoms with van der Waals surface area (Å²) in [4.78, 5) is 0.333. The average molecular weight is 270 g/mol. The van der Waals surface area contributed by atoms with Crippen LogP contribution in [-0.2, 0) is 10.0 Å². The summed E-state index contributed by atoms with van der Waals surface area (Å²) in [6.45, 7) is 6.96. The summed E-state index contributed by atoms with van der Waals surface area (Å²) in [5.74, 6) is 0.628. The second-order valence-electron chi connectivity index (χ2n) is 4.80. The first-order valence-corrected chi connectivity index (χ1v) is 7.63. The number of nitrogens with one attached hydrogen (secondary N) is 2. The zero-order chi connectivity index (χ0) is 13.8. The molecule has 1 aromatic carbocycles. The van der Waals surface area contributed by atoms with E-state index in [9.17, 15) is 8.42 Å². The Kier molecular flexibility index (Phi) is 5.16. The van der Waals surface area contributed by atoms with Crippen molar-refractivity contribution in [2.24, 2.45) is 5.92 Å². The fourth-order valence-corrected chi connectivity index (χ4v) is 2.61. The molecule has 4 nitrogen and oxygen atoms in total. The second-order valence-corrected chi connectivity index (χ2v) is 6.65. The van der Waals surface area contributed by atoms with Crippen LogP contribution in [0.2, 0.25) is 0 Å². The highest BCUT2D eigenvalue weighted by Gasteiger charge is 2.14. The lowest BCUT2D eigenvalue weighted by Crippen LogP contribution is -2.19. The highest BCUT2D eigenvalue weighted by atomic mass is 32.2. The van der Waals surface area contributed by atoms with Crippen LogP contribution in [0.25, 0.3) is 0 Å². The summed E-state index contributed by atoms with van der Waals surface area (Å²) in [5, 5.41) is 3.25. The molecule has 0 aliphatic heterocycles. The average Bonchev–Trinajstić information content (AvgIpc) is 2.30.